The Bertz CT molecular complexity index is 324. The van der Waals surface area contributed by atoms with Crippen LogP contribution in [0.5, 0.6) is 0 Å². The van der Waals surface area contributed by atoms with Gasteiger partial charge in [-0.1, -0.05) is 19.9 Å². The van der Waals surface area contributed by atoms with Crippen LogP contribution in [0.2, 0.25) is 0 Å². The van der Waals surface area contributed by atoms with Gasteiger partial charge in [0.05, 0.1) is 6.10 Å². The highest BCUT2D eigenvalue weighted by molar-refractivity contribution is 5.10. The molecule has 0 aromatic carbocycles. The smallest absolute Gasteiger partial charge is 0.0621 e. The third-order valence-electron chi connectivity index (χ3n) is 3.49. The van der Waals surface area contributed by atoms with Crippen LogP contribution in [-0.2, 0) is 6.54 Å². The van der Waals surface area contributed by atoms with E-state index in [1.807, 2.05) is 12.3 Å². The average Bonchev–Trinajstić information content (AvgIpc) is 2.25. The van der Waals surface area contributed by atoms with Gasteiger partial charge in [-0.05, 0) is 18.1 Å². The molecule has 2 unspecified atom stereocenters. The van der Waals surface area contributed by atoms with Crippen molar-refractivity contribution in [3.63, 3.8) is 0 Å². The van der Waals surface area contributed by atoms with E-state index in [4.69, 9.17) is 0 Å². The molecule has 82 valence electrons. The SMILES string of the molecule is CC1(C)C(O)CC1NCc1cccnc1. The molecule has 0 radical (unpaired) electrons. The molecule has 0 spiro atoms. The van der Waals surface area contributed by atoms with E-state index in [1.165, 1.54) is 5.56 Å². The molecular formula is C12H18N2O. The monoisotopic (exact) mass is 206 g/mol. The first-order valence-corrected chi connectivity index (χ1v) is 5.41. The number of aliphatic hydroxyl groups excluding tert-OH is 1. The summed E-state index contributed by atoms with van der Waals surface area (Å²) >= 11 is 0. The van der Waals surface area contributed by atoms with Crippen molar-refractivity contribution in [3.05, 3.63) is 30.1 Å². The maximum Gasteiger partial charge on any atom is 0.0621 e. The molecule has 1 aliphatic carbocycles. The summed E-state index contributed by atoms with van der Waals surface area (Å²) in [6.45, 7) is 5.03. The number of rotatable bonds is 3. The van der Waals surface area contributed by atoms with Gasteiger partial charge in [-0.15, -0.1) is 0 Å². The number of hydrogen-bond acceptors (Lipinski definition) is 3. The molecule has 1 heterocycles. The lowest BCUT2D eigenvalue weighted by Gasteiger charge is -2.49. The van der Waals surface area contributed by atoms with Crippen LogP contribution in [0.15, 0.2) is 24.5 Å². The number of nitrogens with zero attached hydrogens (tertiary/aromatic N) is 1. The average molecular weight is 206 g/mol. The molecule has 3 heteroatoms. The number of aliphatic hydroxyl groups is 1. The lowest BCUT2D eigenvalue weighted by atomic mass is 9.64. The van der Waals surface area contributed by atoms with E-state index >= 15 is 0 Å². The van der Waals surface area contributed by atoms with Crippen LogP contribution in [0.3, 0.4) is 0 Å². The number of pyridine rings is 1. The Kier molecular flexibility index (Phi) is 2.76. The van der Waals surface area contributed by atoms with Gasteiger partial charge in [-0.25, -0.2) is 0 Å². The highest BCUT2D eigenvalue weighted by Gasteiger charge is 2.46. The van der Waals surface area contributed by atoms with Crippen LogP contribution >= 0.6 is 0 Å². The third-order valence-corrected chi connectivity index (χ3v) is 3.49. The summed E-state index contributed by atoms with van der Waals surface area (Å²) in [5, 5.41) is 13.0. The van der Waals surface area contributed by atoms with Gasteiger partial charge < -0.3 is 10.4 Å². The fraction of sp³-hybridized carbons (Fsp3) is 0.583. The second-order valence-electron chi connectivity index (χ2n) is 4.87. The summed E-state index contributed by atoms with van der Waals surface area (Å²) in [6, 6.07) is 4.41. The molecule has 1 aromatic rings. The van der Waals surface area contributed by atoms with E-state index < -0.39 is 0 Å². The number of hydrogen-bond donors (Lipinski definition) is 2. The van der Waals surface area contributed by atoms with Crippen LogP contribution in [0, 0.1) is 5.41 Å². The van der Waals surface area contributed by atoms with Crippen molar-refractivity contribution in [2.75, 3.05) is 0 Å². The first-order chi connectivity index (χ1) is 7.10. The maximum atomic E-state index is 9.59. The Morgan fingerprint density at radius 1 is 1.60 bits per heavy atom. The Morgan fingerprint density at radius 2 is 2.40 bits per heavy atom. The molecule has 3 nitrogen and oxygen atoms in total. The van der Waals surface area contributed by atoms with Gasteiger partial charge in [0, 0.05) is 30.4 Å². The van der Waals surface area contributed by atoms with Gasteiger partial charge in [0.1, 0.15) is 0 Å². The summed E-state index contributed by atoms with van der Waals surface area (Å²) in [6.07, 6.45) is 4.34. The molecule has 1 aromatic heterocycles. The molecule has 2 rings (SSSR count). The molecule has 1 aliphatic rings. The van der Waals surface area contributed by atoms with Crippen LogP contribution in [0.4, 0.5) is 0 Å². The van der Waals surface area contributed by atoms with Crippen LogP contribution in [0.1, 0.15) is 25.8 Å². The van der Waals surface area contributed by atoms with Gasteiger partial charge >= 0.3 is 0 Å². The van der Waals surface area contributed by atoms with Crippen molar-refractivity contribution in [1.82, 2.24) is 10.3 Å². The van der Waals surface area contributed by atoms with E-state index in [2.05, 4.69) is 30.2 Å². The zero-order valence-corrected chi connectivity index (χ0v) is 9.27. The molecule has 2 N–H and O–H groups in total. The fourth-order valence-electron chi connectivity index (χ4n) is 1.99. The van der Waals surface area contributed by atoms with Gasteiger partial charge in [0.15, 0.2) is 0 Å². The van der Waals surface area contributed by atoms with E-state index in [1.54, 1.807) is 6.20 Å². The minimum atomic E-state index is -0.163. The summed E-state index contributed by atoms with van der Waals surface area (Å²) in [7, 11) is 0. The van der Waals surface area contributed by atoms with Crippen molar-refractivity contribution in [3.8, 4) is 0 Å². The zero-order chi connectivity index (χ0) is 10.9. The molecule has 15 heavy (non-hydrogen) atoms. The molecule has 2 atom stereocenters. The molecule has 0 amide bonds. The van der Waals surface area contributed by atoms with Crippen LogP contribution in [-0.4, -0.2) is 22.2 Å². The largest absolute Gasteiger partial charge is 0.392 e. The van der Waals surface area contributed by atoms with Crippen molar-refractivity contribution in [2.24, 2.45) is 5.41 Å². The van der Waals surface area contributed by atoms with Gasteiger partial charge in [0.2, 0.25) is 0 Å². The topological polar surface area (TPSA) is 45.1 Å². The van der Waals surface area contributed by atoms with Gasteiger partial charge in [-0.3, -0.25) is 4.98 Å². The minimum Gasteiger partial charge on any atom is -0.392 e. The summed E-state index contributed by atoms with van der Waals surface area (Å²) < 4.78 is 0. The Hall–Kier alpha value is -0.930. The lowest BCUT2D eigenvalue weighted by molar-refractivity contribution is -0.0729. The van der Waals surface area contributed by atoms with Crippen molar-refractivity contribution in [2.45, 2.75) is 39.0 Å². The standard InChI is InChI=1S/C12H18N2O/c1-12(2)10(6-11(12)15)14-8-9-4-3-5-13-7-9/h3-5,7,10-11,14-15H,6,8H2,1-2H3. The first-order valence-electron chi connectivity index (χ1n) is 5.41. The minimum absolute atomic E-state index is 0.00219. The Morgan fingerprint density at radius 3 is 2.93 bits per heavy atom. The van der Waals surface area contributed by atoms with Crippen LogP contribution in [0.25, 0.3) is 0 Å². The van der Waals surface area contributed by atoms with E-state index in [0.717, 1.165) is 13.0 Å². The molecule has 1 saturated carbocycles. The molecule has 1 fully saturated rings. The predicted octanol–water partition coefficient (Wildman–Crippen LogP) is 1.33. The van der Waals surface area contributed by atoms with Crippen LogP contribution < -0.4 is 5.32 Å². The second kappa shape index (κ2) is 3.91. The highest BCUT2D eigenvalue weighted by Crippen LogP contribution is 2.40. The quantitative estimate of drug-likeness (QED) is 0.784. The highest BCUT2D eigenvalue weighted by atomic mass is 16.3. The number of nitrogens with one attached hydrogen (secondary N) is 1. The normalized spacial score (nSPS) is 28.5. The molecule has 0 saturated heterocycles. The Labute approximate surface area is 90.5 Å². The molecule has 0 bridgehead atoms. The summed E-state index contributed by atoms with van der Waals surface area (Å²) in [4.78, 5) is 4.07. The Balaban J connectivity index is 1.85. The summed E-state index contributed by atoms with van der Waals surface area (Å²) in [5.41, 5.74) is 1.19. The van der Waals surface area contributed by atoms with Gasteiger partial charge in [-0.2, -0.15) is 0 Å². The molecule has 0 aliphatic heterocycles. The zero-order valence-electron chi connectivity index (χ0n) is 9.27. The van der Waals surface area contributed by atoms with Gasteiger partial charge in [0.25, 0.3) is 0 Å². The van der Waals surface area contributed by atoms with Crippen molar-refractivity contribution in [1.29, 1.82) is 0 Å². The first kappa shape index (κ1) is 10.6. The van der Waals surface area contributed by atoms with Crippen molar-refractivity contribution >= 4 is 0 Å². The lowest BCUT2D eigenvalue weighted by Crippen LogP contribution is -2.59. The van der Waals surface area contributed by atoms with E-state index in [-0.39, 0.29) is 11.5 Å². The molecular weight excluding hydrogens is 188 g/mol. The maximum absolute atomic E-state index is 9.59. The number of aromatic nitrogens is 1. The van der Waals surface area contributed by atoms with Crippen molar-refractivity contribution < 1.29 is 5.11 Å². The predicted molar refractivity (Wildman–Crippen MR) is 59.3 cm³/mol. The van der Waals surface area contributed by atoms with E-state index in [0.29, 0.717) is 6.04 Å². The van der Waals surface area contributed by atoms with E-state index in [9.17, 15) is 5.11 Å². The second-order valence-corrected chi connectivity index (χ2v) is 4.87. The fourth-order valence-corrected chi connectivity index (χ4v) is 1.99. The summed E-state index contributed by atoms with van der Waals surface area (Å²) in [5.74, 6) is 0. The third kappa shape index (κ3) is 2.03.